The molecule has 9 nitrogen and oxygen atoms in total. The number of nitrogens with zero attached hydrogens (tertiary/aromatic N) is 3. The highest BCUT2D eigenvalue weighted by Crippen LogP contribution is 2.51. The first kappa shape index (κ1) is 17.2. The van der Waals surface area contributed by atoms with Gasteiger partial charge in [-0.3, -0.25) is 19.3 Å². The van der Waals surface area contributed by atoms with Gasteiger partial charge in [0.25, 0.3) is 5.91 Å². The fraction of sp³-hybridized carbons (Fsp3) is 0.474. The lowest BCUT2D eigenvalue weighted by Gasteiger charge is -2.33. The summed E-state index contributed by atoms with van der Waals surface area (Å²) in [4.78, 5) is 53.5. The molecule has 5 rings (SSSR count). The van der Waals surface area contributed by atoms with Gasteiger partial charge in [-0.25, -0.2) is 4.79 Å². The number of urea groups is 1. The Labute approximate surface area is 161 Å². The Balaban J connectivity index is 1.38. The predicted octanol–water partition coefficient (Wildman–Crippen LogP) is -0.161. The third-order valence-corrected chi connectivity index (χ3v) is 6.19. The summed E-state index contributed by atoms with van der Waals surface area (Å²) in [5, 5.41) is 2.41. The minimum Gasteiger partial charge on any atom is -0.351 e. The minimum absolute atomic E-state index is 0.0381. The molecule has 3 atom stereocenters. The Hall–Kier alpha value is -2.94. The van der Waals surface area contributed by atoms with Crippen molar-refractivity contribution in [1.29, 1.82) is 0 Å². The number of benzene rings is 1. The second-order valence-electron chi connectivity index (χ2n) is 7.54. The van der Waals surface area contributed by atoms with Crippen LogP contribution in [0, 0.1) is 0 Å². The number of carbonyl (C=O) groups is 4. The molecule has 146 valence electrons. The Kier molecular flexibility index (Phi) is 3.70. The van der Waals surface area contributed by atoms with Crippen LogP contribution in [-0.2, 0) is 19.1 Å². The molecular weight excluding hydrogens is 364 g/mol. The van der Waals surface area contributed by atoms with Crippen molar-refractivity contribution < 1.29 is 23.9 Å². The number of imide groups is 1. The Bertz CT molecular complexity index is 858. The molecule has 0 unspecified atom stereocenters. The molecule has 4 heterocycles. The van der Waals surface area contributed by atoms with E-state index in [2.05, 4.69) is 5.32 Å². The molecule has 1 N–H and O–H groups in total. The van der Waals surface area contributed by atoms with E-state index in [4.69, 9.17) is 4.74 Å². The van der Waals surface area contributed by atoms with E-state index in [1.54, 1.807) is 9.80 Å². The summed E-state index contributed by atoms with van der Waals surface area (Å²) >= 11 is 0. The van der Waals surface area contributed by atoms with Crippen molar-refractivity contribution in [2.24, 2.45) is 0 Å². The molecule has 0 radical (unpaired) electrons. The molecule has 0 aromatic heterocycles. The molecule has 5 amide bonds. The van der Waals surface area contributed by atoms with Crippen LogP contribution in [0.25, 0.3) is 0 Å². The number of nitrogens with one attached hydrogen (secondary N) is 1. The van der Waals surface area contributed by atoms with Crippen molar-refractivity contribution >= 4 is 23.8 Å². The minimum atomic E-state index is -0.815. The maximum Gasteiger partial charge on any atom is 0.325 e. The van der Waals surface area contributed by atoms with Crippen molar-refractivity contribution in [3.63, 3.8) is 0 Å². The Morgan fingerprint density at radius 2 is 1.96 bits per heavy atom. The van der Waals surface area contributed by atoms with E-state index in [9.17, 15) is 19.2 Å². The van der Waals surface area contributed by atoms with Crippen LogP contribution in [0.1, 0.15) is 24.4 Å². The van der Waals surface area contributed by atoms with E-state index >= 15 is 0 Å². The molecule has 4 fully saturated rings. The van der Waals surface area contributed by atoms with Crippen molar-refractivity contribution in [3.8, 4) is 0 Å². The number of likely N-dealkylation sites (tertiary alicyclic amines) is 1. The van der Waals surface area contributed by atoms with E-state index in [0.29, 0.717) is 19.6 Å². The summed E-state index contributed by atoms with van der Waals surface area (Å²) in [6.07, 6.45) is 0.716. The highest BCUT2D eigenvalue weighted by atomic mass is 16.5. The van der Waals surface area contributed by atoms with Crippen LogP contribution >= 0.6 is 0 Å². The third-order valence-electron chi connectivity index (χ3n) is 6.19. The highest BCUT2D eigenvalue weighted by Gasteiger charge is 2.65. The number of hydrogen-bond donors (Lipinski definition) is 1. The molecule has 28 heavy (non-hydrogen) atoms. The SMILES string of the molecule is O=C1CNC(=O)N1CC(=O)N1CC[C@@]23OC[C@@H](c4ccccc4)N2C(=O)C[C@@H]13. The van der Waals surface area contributed by atoms with Crippen molar-refractivity contribution in [2.75, 3.05) is 26.2 Å². The quantitative estimate of drug-likeness (QED) is 0.730. The van der Waals surface area contributed by atoms with Crippen LogP contribution in [0.2, 0.25) is 0 Å². The lowest BCUT2D eigenvalue weighted by atomic mass is 10.0. The van der Waals surface area contributed by atoms with E-state index in [1.807, 2.05) is 30.3 Å². The number of ether oxygens (including phenoxy) is 1. The van der Waals surface area contributed by atoms with E-state index in [0.717, 1.165) is 10.5 Å². The summed E-state index contributed by atoms with van der Waals surface area (Å²) in [6, 6.07) is 8.61. The molecule has 1 spiro atoms. The Morgan fingerprint density at radius 1 is 1.18 bits per heavy atom. The zero-order valence-corrected chi connectivity index (χ0v) is 15.2. The van der Waals surface area contributed by atoms with E-state index < -0.39 is 23.7 Å². The van der Waals surface area contributed by atoms with Gasteiger partial charge >= 0.3 is 6.03 Å². The second kappa shape index (κ2) is 6.03. The van der Waals surface area contributed by atoms with Crippen LogP contribution in [-0.4, -0.2) is 76.5 Å². The van der Waals surface area contributed by atoms with Gasteiger partial charge in [0, 0.05) is 13.0 Å². The van der Waals surface area contributed by atoms with Gasteiger partial charge in [0.05, 0.1) is 31.7 Å². The normalized spacial score (nSPS) is 31.4. The van der Waals surface area contributed by atoms with Gasteiger partial charge in [0.2, 0.25) is 11.8 Å². The third kappa shape index (κ3) is 2.29. The van der Waals surface area contributed by atoms with Gasteiger partial charge < -0.3 is 19.9 Å². The van der Waals surface area contributed by atoms with Gasteiger partial charge in [-0.15, -0.1) is 0 Å². The first-order valence-corrected chi connectivity index (χ1v) is 9.40. The highest BCUT2D eigenvalue weighted by molar-refractivity contribution is 6.04. The lowest BCUT2D eigenvalue weighted by Crippen LogP contribution is -2.51. The monoisotopic (exact) mass is 384 g/mol. The predicted molar refractivity (Wildman–Crippen MR) is 94.6 cm³/mol. The fourth-order valence-electron chi connectivity index (χ4n) is 4.91. The number of amides is 5. The van der Waals surface area contributed by atoms with Crippen LogP contribution in [0.3, 0.4) is 0 Å². The maximum absolute atomic E-state index is 12.8. The summed E-state index contributed by atoms with van der Waals surface area (Å²) in [5.74, 6) is -0.796. The van der Waals surface area contributed by atoms with Crippen molar-refractivity contribution in [2.45, 2.75) is 30.7 Å². The molecular formula is C19H20N4O5. The zero-order valence-electron chi connectivity index (χ0n) is 15.2. The molecule has 9 heteroatoms. The van der Waals surface area contributed by atoms with Gasteiger partial charge in [-0.1, -0.05) is 30.3 Å². The van der Waals surface area contributed by atoms with Crippen LogP contribution in [0.15, 0.2) is 30.3 Å². The van der Waals surface area contributed by atoms with Gasteiger partial charge in [-0.2, -0.15) is 0 Å². The van der Waals surface area contributed by atoms with Crippen LogP contribution in [0.5, 0.6) is 0 Å². The van der Waals surface area contributed by atoms with Crippen LogP contribution in [0.4, 0.5) is 4.79 Å². The topological polar surface area (TPSA) is 99.3 Å². The summed E-state index contributed by atoms with van der Waals surface area (Å²) in [5.41, 5.74) is 0.197. The number of rotatable bonds is 3. The molecule has 0 bridgehead atoms. The van der Waals surface area contributed by atoms with Gasteiger partial charge in [0.1, 0.15) is 6.54 Å². The number of hydrogen-bond acceptors (Lipinski definition) is 5. The summed E-state index contributed by atoms with van der Waals surface area (Å²) < 4.78 is 6.17. The van der Waals surface area contributed by atoms with Gasteiger partial charge in [-0.05, 0) is 5.56 Å². The zero-order chi connectivity index (χ0) is 19.5. The van der Waals surface area contributed by atoms with E-state index in [1.165, 1.54) is 0 Å². The molecule has 0 aliphatic carbocycles. The number of carbonyl (C=O) groups excluding carboxylic acids is 4. The summed E-state index contributed by atoms with van der Waals surface area (Å²) in [7, 11) is 0. The molecule has 1 aromatic rings. The summed E-state index contributed by atoms with van der Waals surface area (Å²) in [6.45, 7) is 0.418. The lowest BCUT2D eigenvalue weighted by molar-refractivity contribution is -0.142. The average molecular weight is 384 g/mol. The molecule has 1 aromatic carbocycles. The molecule has 4 saturated heterocycles. The maximum atomic E-state index is 12.8. The smallest absolute Gasteiger partial charge is 0.325 e. The van der Waals surface area contributed by atoms with Gasteiger partial charge in [0.15, 0.2) is 5.72 Å². The van der Waals surface area contributed by atoms with Crippen molar-refractivity contribution in [3.05, 3.63) is 35.9 Å². The standard InChI is InChI=1S/C19H20N4O5/c24-15-8-14-19(23(15)13(11-28-19)12-4-2-1-3-5-12)6-7-21(14)17(26)10-22-16(25)9-20-18(22)27/h1-5,13-14H,6-11H2,(H,20,27)/t13-,14+,19-/m0/s1. The first-order valence-electron chi connectivity index (χ1n) is 9.40. The van der Waals surface area contributed by atoms with Crippen molar-refractivity contribution in [1.82, 2.24) is 20.0 Å². The largest absolute Gasteiger partial charge is 0.351 e. The van der Waals surface area contributed by atoms with Crippen LogP contribution < -0.4 is 5.32 Å². The molecule has 4 aliphatic heterocycles. The van der Waals surface area contributed by atoms with E-state index in [-0.39, 0.29) is 37.4 Å². The Morgan fingerprint density at radius 3 is 2.68 bits per heavy atom. The molecule has 4 aliphatic rings. The average Bonchev–Trinajstić information content (AvgIpc) is 3.40. The first-order chi connectivity index (χ1) is 13.5. The fourth-order valence-corrected chi connectivity index (χ4v) is 4.91. The second-order valence-corrected chi connectivity index (χ2v) is 7.54. The molecule has 0 saturated carbocycles.